The summed E-state index contributed by atoms with van der Waals surface area (Å²) in [5.41, 5.74) is 6.86. The van der Waals surface area contributed by atoms with E-state index in [9.17, 15) is 4.79 Å². The maximum atomic E-state index is 11.2. The fraction of sp³-hybridized carbons (Fsp3) is 0.500. The number of ketones is 1. The number of carbonyl (C=O) groups is 1. The number of anilines is 1. The summed E-state index contributed by atoms with van der Waals surface area (Å²) in [6.07, 6.45) is 5.17. The van der Waals surface area contributed by atoms with Gasteiger partial charge < -0.3 is 10.5 Å². The van der Waals surface area contributed by atoms with Crippen LogP contribution in [0.5, 0.6) is 5.75 Å². The Morgan fingerprint density at radius 2 is 2.24 bits per heavy atom. The fourth-order valence-electron chi connectivity index (χ4n) is 2.08. The molecule has 0 radical (unpaired) electrons. The van der Waals surface area contributed by atoms with Crippen molar-refractivity contribution in [1.82, 2.24) is 0 Å². The zero-order valence-corrected chi connectivity index (χ0v) is 10.2. The molecule has 17 heavy (non-hydrogen) atoms. The van der Waals surface area contributed by atoms with Gasteiger partial charge in [0.25, 0.3) is 0 Å². The van der Waals surface area contributed by atoms with Gasteiger partial charge in [-0.1, -0.05) is 19.3 Å². The molecule has 1 aliphatic rings. The van der Waals surface area contributed by atoms with Crippen molar-refractivity contribution >= 4 is 11.5 Å². The molecule has 92 valence electrons. The predicted molar refractivity (Wildman–Crippen MR) is 68.3 cm³/mol. The van der Waals surface area contributed by atoms with Crippen molar-refractivity contribution in [2.24, 2.45) is 5.92 Å². The lowest BCUT2D eigenvalue weighted by Gasteiger charge is -2.25. The molecule has 3 nitrogen and oxygen atoms in total. The van der Waals surface area contributed by atoms with E-state index >= 15 is 0 Å². The second kappa shape index (κ2) is 5.21. The number of benzene rings is 1. The van der Waals surface area contributed by atoms with Crippen molar-refractivity contribution in [1.29, 1.82) is 0 Å². The van der Waals surface area contributed by atoms with Crippen molar-refractivity contribution in [2.75, 3.05) is 12.3 Å². The van der Waals surface area contributed by atoms with Gasteiger partial charge in [0, 0.05) is 17.3 Å². The van der Waals surface area contributed by atoms with Gasteiger partial charge in [-0.15, -0.1) is 0 Å². The molecule has 0 saturated heterocycles. The highest BCUT2D eigenvalue weighted by Crippen LogP contribution is 2.29. The lowest BCUT2D eigenvalue weighted by atomic mass is 9.83. The second-order valence-corrected chi connectivity index (χ2v) is 4.74. The third-order valence-electron chi connectivity index (χ3n) is 3.42. The third-order valence-corrected chi connectivity index (χ3v) is 3.42. The number of carbonyl (C=O) groups excluding carboxylic acids is 1. The van der Waals surface area contributed by atoms with Crippen LogP contribution in [0.15, 0.2) is 18.2 Å². The first kappa shape index (κ1) is 12.0. The molecule has 1 fully saturated rings. The topological polar surface area (TPSA) is 52.3 Å². The van der Waals surface area contributed by atoms with E-state index in [0.29, 0.717) is 11.3 Å². The average Bonchev–Trinajstić information content (AvgIpc) is 2.21. The average molecular weight is 233 g/mol. The zero-order chi connectivity index (χ0) is 12.3. The van der Waals surface area contributed by atoms with Gasteiger partial charge in [-0.3, -0.25) is 4.79 Å². The normalized spacial score (nSPS) is 15.4. The lowest BCUT2D eigenvalue weighted by Crippen LogP contribution is -2.14. The van der Waals surface area contributed by atoms with Gasteiger partial charge in [-0.05, 0) is 31.4 Å². The van der Waals surface area contributed by atoms with E-state index in [1.54, 1.807) is 12.1 Å². The monoisotopic (exact) mass is 233 g/mol. The lowest BCUT2D eigenvalue weighted by molar-refractivity contribution is 0.101. The predicted octanol–water partition coefficient (Wildman–Crippen LogP) is 3.04. The zero-order valence-electron chi connectivity index (χ0n) is 10.2. The maximum absolute atomic E-state index is 11.2. The molecule has 1 aliphatic carbocycles. The van der Waals surface area contributed by atoms with Crippen LogP contribution in [0.1, 0.15) is 43.0 Å². The number of nitrogen functional groups attached to an aromatic ring is 1. The van der Waals surface area contributed by atoms with Crippen LogP contribution in [-0.4, -0.2) is 12.4 Å². The van der Waals surface area contributed by atoms with Gasteiger partial charge in [0.1, 0.15) is 5.75 Å². The molecule has 1 aromatic rings. The maximum Gasteiger partial charge on any atom is 0.161 e. The summed E-state index contributed by atoms with van der Waals surface area (Å²) >= 11 is 0. The summed E-state index contributed by atoms with van der Waals surface area (Å²) in [4.78, 5) is 11.2. The van der Waals surface area contributed by atoms with Gasteiger partial charge in [0.2, 0.25) is 0 Å². The van der Waals surface area contributed by atoms with Crippen LogP contribution in [0, 0.1) is 5.92 Å². The first-order valence-electron chi connectivity index (χ1n) is 6.20. The van der Waals surface area contributed by atoms with Crippen LogP contribution < -0.4 is 10.5 Å². The summed E-state index contributed by atoms with van der Waals surface area (Å²) in [5, 5.41) is 0. The highest BCUT2D eigenvalue weighted by molar-refractivity contribution is 5.99. The minimum absolute atomic E-state index is 0.0106. The first-order valence-corrected chi connectivity index (χ1v) is 6.20. The number of rotatable bonds is 5. The first-order chi connectivity index (χ1) is 8.16. The quantitative estimate of drug-likeness (QED) is 0.628. The van der Waals surface area contributed by atoms with E-state index in [1.807, 2.05) is 6.07 Å². The molecule has 0 atom stereocenters. The Morgan fingerprint density at radius 1 is 1.47 bits per heavy atom. The minimum atomic E-state index is -0.0106. The molecule has 2 N–H and O–H groups in total. The summed E-state index contributed by atoms with van der Waals surface area (Å²) in [6.45, 7) is 2.26. The van der Waals surface area contributed by atoms with E-state index in [1.165, 1.54) is 26.2 Å². The fourth-order valence-corrected chi connectivity index (χ4v) is 2.08. The van der Waals surface area contributed by atoms with E-state index in [0.717, 1.165) is 24.7 Å². The Bertz CT molecular complexity index is 411. The van der Waals surface area contributed by atoms with Crippen molar-refractivity contribution in [3.63, 3.8) is 0 Å². The van der Waals surface area contributed by atoms with Gasteiger partial charge in [-0.25, -0.2) is 0 Å². The number of ether oxygens (including phenoxy) is 1. The largest absolute Gasteiger partial charge is 0.494 e. The van der Waals surface area contributed by atoms with Crippen LogP contribution in [-0.2, 0) is 0 Å². The highest BCUT2D eigenvalue weighted by atomic mass is 16.5. The van der Waals surface area contributed by atoms with Crippen LogP contribution in [0.2, 0.25) is 0 Å². The van der Waals surface area contributed by atoms with E-state index in [2.05, 4.69) is 0 Å². The standard InChI is InChI=1S/C14H19NO2/c1-10(16)13-6-5-12(9-14(13)15)17-8-7-11-3-2-4-11/h5-6,9,11H,2-4,7-8,15H2,1H3. The Kier molecular flexibility index (Phi) is 3.67. The summed E-state index contributed by atoms with van der Waals surface area (Å²) < 4.78 is 5.64. The molecule has 1 aromatic carbocycles. The van der Waals surface area contributed by atoms with Crippen molar-refractivity contribution in [3.8, 4) is 5.75 Å². The molecule has 0 heterocycles. The summed E-state index contributed by atoms with van der Waals surface area (Å²) in [5.74, 6) is 1.60. The number of hydrogen-bond acceptors (Lipinski definition) is 3. The third kappa shape index (κ3) is 2.99. The van der Waals surface area contributed by atoms with E-state index in [4.69, 9.17) is 10.5 Å². The Morgan fingerprint density at radius 3 is 2.76 bits per heavy atom. The molecule has 2 rings (SSSR count). The number of hydrogen-bond donors (Lipinski definition) is 1. The van der Waals surface area contributed by atoms with Crippen molar-refractivity contribution < 1.29 is 9.53 Å². The van der Waals surface area contributed by atoms with Gasteiger partial charge in [-0.2, -0.15) is 0 Å². The molecule has 3 heteroatoms. The van der Waals surface area contributed by atoms with E-state index in [-0.39, 0.29) is 5.78 Å². The second-order valence-electron chi connectivity index (χ2n) is 4.74. The molecule has 0 bridgehead atoms. The molecular weight excluding hydrogens is 214 g/mol. The molecule has 0 amide bonds. The number of nitrogens with two attached hydrogens (primary N) is 1. The van der Waals surface area contributed by atoms with Crippen molar-refractivity contribution in [3.05, 3.63) is 23.8 Å². The van der Waals surface area contributed by atoms with E-state index < -0.39 is 0 Å². The molecule has 1 saturated carbocycles. The smallest absolute Gasteiger partial charge is 0.161 e. The molecule has 0 aromatic heterocycles. The van der Waals surface area contributed by atoms with Crippen LogP contribution in [0.25, 0.3) is 0 Å². The Labute approximate surface area is 102 Å². The van der Waals surface area contributed by atoms with Gasteiger partial charge >= 0.3 is 0 Å². The molecule has 0 spiro atoms. The molecule has 0 unspecified atom stereocenters. The van der Waals surface area contributed by atoms with Gasteiger partial charge in [0.05, 0.1) is 6.61 Å². The van der Waals surface area contributed by atoms with Crippen LogP contribution >= 0.6 is 0 Å². The minimum Gasteiger partial charge on any atom is -0.494 e. The Balaban J connectivity index is 1.88. The SMILES string of the molecule is CC(=O)c1ccc(OCCC2CCC2)cc1N. The summed E-state index contributed by atoms with van der Waals surface area (Å²) in [7, 11) is 0. The summed E-state index contributed by atoms with van der Waals surface area (Å²) in [6, 6.07) is 5.28. The Hall–Kier alpha value is -1.51. The molecule has 0 aliphatic heterocycles. The van der Waals surface area contributed by atoms with Gasteiger partial charge in [0.15, 0.2) is 5.78 Å². The highest BCUT2D eigenvalue weighted by Gasteiger charge is 2.16. The van der Waals surface area contributed by atoms with Crippen molar-refractivity contribution in [2.45, 2.75) is 32.6 Å². The van der Waals surface area contributed by atoms with Crippen LogP contribution in [0.4, 0.5) is 5.69 Å². The molecular formula is C14H19NO2. The number of Topliss-reactive ketones (excluding diaryl/α,β-unsaturated/α-hetero) is 1. The van der Waals surface area contributed by atoms with Crippen LogP contribution in [0.3, 0.4) is 0 Å².